The van der Waals surface area contributed by atoms with Gasteiger partial charge in [0.1, 0.15) is 0 Å². The summed E-state index contributed by atoms with van der Waals surface area (Å²) in [5.74, 6) is 0. The second-order valence-electron chi connectivity index (χ2n) is 5.75. The highest BCUT2D eigenvalue weighted by atomic mass is 14.9. The molecule has 0 unspecified atom stereocenters. The highest BCUT2D eigenvalue weighted by molar-refractivity contribution is 6.25. The number of unbranched alkanes of at least 4 members (excludes halogenated alkanes) is 1. The molecule has 21 heavy (non-hydrogen) atoms. The van der Waals surface area contributed by atoms with Gasteiger partial charge in [0, 0.05) is 17.6 Å². The summed E-state index contributed by atoms with van der Waals surface area (Å²) >= 11 is 0. The predicted molar refractivity (Wildman–Crippen MR) is 93.5 cm³/mol. The van der Waals surface area contributed by atoms with Gasteiger partial charge in [-0.1, -0.05) is 61.9 Å². The summed E-state index contributed by atoms with van der Waals surface area (Å²) < 4.78 is 0. The first-order valence-electron chi connectivity index (χ1n) is 7.79. The van der Waals surface area contributed by atoms with Gasteiger partial charge in [-0.15, -0.1) is 0 Å². The highest BCUT2D eigenvalue weighted by Gasteiger charge is 2.10. The van der Waals surface area contributed by atoms with E-state index in [1.54, 1.807) is 0 Å². The van der Waals surface area contributed by atoms with Crippen LogP contribution >= 0.6 is 0 Å². The van der Waals surface area contributed by atoms with Gasteiger partial charge in [-0.25, -0.2) is 0 Å². The first-order valence-corrected chi connectivity index (χ1v) is 7.79. The lowest BCUT2D eigenvalue weighted by Gasteiger charge is -2.14. The molecule has 0 aliphatic heterocycles. The maximum absolute atomic E-state index is 3.60. The van der Waals surface area contributed by atoms with Crippen molar-refractivity contribution in [2.75, 3.05) is 11.9 Å². The third-order valence-electron chi connectivity index (χ3n) is 4.37. The summed E-state index contributed by atoms with van der Waals surface area (Å²) in [5, 5.41) is 11.7. The molecule has 0 aromatic heterocycles. The minimum absolute atomic E-state index is 1.04. The standard InChI is InChI=1S/C20H19N/c1-2-3-13-21-18-12-10-16-8-7-14-5-4-6-15-9-11-17(18)20(16)19(14)15/h4-12,21H,2-3,13H2,1H3. The van der Waals surface area contributed by atoms with Crippen LogP contribution in [0.1, 0.15) is 19.8 Å². The van der Waals surface area contributed by atoms with Crippen LogP contribution in [-0.2, 0) is 0 Å². The zero-order valence-electron chi connectivity index (χ0n) is 12.3. The molecule has 0 amide bonds. The van der Waals surface area contributed by atoms with Crippen molar-refractivity contribution in [3.05, 3.63) is 54.6 Å². The van der Waals surface area contributed by atoms with Crippen LogP contribution < -0.4 is 5.32 Å². The molecule has 4 rings (SSSR count). The van der Waals surface area contributed by atoms with E-state index in [4.69, 9.17) is 0 Å². The Labute approximate surface area is 124 Å². The molecule has 0 atom stereocenters. The first kappa shape index (κ1) is 12.5. The lowest BCUT2D eigenvalue weighted by molar-refractivity contribution is 0.835. The van der Waals surface area contributed by atoms with E-state index in [2.05, 4.69) is 66.8 Å². The molecule has 4 aromatic carbocycles. The Morgan fingerprint density at radius 1 is 0.762 bits per heavy atom. The topological polar surface area (TPSA) is 12.0 Å². The van der Waals surface area contributed by atoms with Gasteiger partial charge >= 0.3 is 0 Å². The Morgan fingerprint density at radius 3 is 2.19 bits per heavy atom. The maximum atomic E-state index is 3.60. The molecular formula is C20H19N. The van der Waals surface area contributed by atoms with Crippen LogP contribution in [0.25, 0.3) is 32.3 Å². The third-order valence-corrected chi connectivity index (χ3v) is 4.37. The van der Waals surface area contributed by atoms with Gasteiger partial charge in [0.15, 0.2) is 0 Å². The van der Waals surface area contributed by atoms with Crippen molar-refractivity contribution >= 4 is 38.0 Å². The van der Waals surface area contributed by atoms with Crippen LogP contribution in [0.5, 0.6) is 0 Å². The van der Waals surface area contributed by atoms with Gasteiger partial charge < -0.3 is 5.32 Å². The van der Waals surface area contributed by atoms with Gasteiger partial charge in [0.25, 0.3) is 0 Å². The number of rotatable bonds is 4. The monoisotopic (exact) mass is 273 g/mol. The SMILES string of the molecule is CCCCNc1ccc2ccc3cccc4ccc1c2c34. The molecular weight excluding hydrogens is 254 g/mol. The molecule has 0 saturated heterocycles. The second-order valence-corrected chi connectivity index (χ2v) is 5.75. The van der Waals surface area contributed by atoms with Gasteiger partial charge in [-0.05, 0) is 39.4 Å². The largest absolute Gasteiger partial charge is 0.385 e. The Balaban J connectivity index is 2.01. The van der Waals surface area contributed by atoms with E-state index in [1.165, 1.54) is 50.8 Å². The molecule has 0 saturated carbocycles. The van der Waals surface area contributed by atoms with E-state index in [0.717, 1.165) is 6.54 Å². The molecule has 0 radical (unpaired) electrons. The third kappa shape index (κ3) is 1.92. The molecule has 104 valence electrons. The van der Waals surface area contributed by atoms with Crippen molar-refractivity contribution < 1.29 is 0 Å². The molecule has 0 aliphatic carbocycles. The average molecular weight is 273 g/mol. The van der Waals surface area contributed by atoms with Crippen molar-refractivity contribution in [3.63, 3.8) is 0 Å². The molecule has 0 bridgehead atoms. The van der Waals surface area contributed by atoms with Crippen LogP contribution in [0.15, 0.2) is 54.6 Å². The Kier molecular flexibility index (Phi) is 2.92. The second kappa shape index (κ2) is 4.92. The molecule has 1 nitrogen and oxygen atoms in total. The van der Waals surface area contributed by atoms with Crippen LogP contribution in [0.2, 0.25) is 0 Å². The molecule has 0 aliphatic rings. The van der Waals surface area contributed by atoms with E-state index in [-0.39, 0.29) is 0 Å². The van der Waals surface area contributed by atoms with Crippen molar-refractivity contribution in [2.24, 2.45) is 0 Å². The normalized spacial score (nSPS) is 11.7. The minimum atomic E-state index is 1.04. The average Bonchev–Trinajstić information content (AvgIpc) is 2.54. The number of anilines is 1. The maximum Gasteiger partial charge on any atom is 0.0420 e. The summed E-state index contributed by atoms with van der Waals surface area (Å²) in [7, 11) is 0. The van der Waals surface area contributed by atoms with Gasteiger partial charge in [0.2, 0.25) is 0 Å². The Hall–Kier alpha value is -2.28. The van der Waals surface area contributed by atoms with Crippen molar-refractivity contribution in [3.8, 4) is 0 Å². The fourth-order valence-corrected chi connectivity index (χ4v) is 3.29. The van der Waals surface area contributed by atoms with Gasteiger partial charge in [-0.2, -0.15) is 0 Å². The van der Waals surface area contributed by atoms with E-state index < -0.39 is 0 Å². The highest BCUT2D eigenvalue weighted by Crippen LogP contribution is 2.37. The molecule has 4 aromatic rings. The Bertz CT molecular complexity index is 892. The van der Waals surface area contributed by atoms with Crippen LogP contribution in [0, 0.1) is 0 Å². The fourth-order valence-electron chi connectivity index (χ4n) is 3.29. The van der Waals surface area contributed by atoms with Crippen molar-refractivity contribution in [1.82, 2.24) is 0 Å². The zero-order valence-corrected chi connectivity index (χ0v) is 12.3. The van der Waals surface area contributed by atoms with Crippen molar-refractivity contribution in [2.45, 2.75) is 19.8 Å². The Morgan fingerprint density at radius 2 is 1.43 bits per heavy atom. The zero-order chi connectivity index (χ0) is 14.2. The van der Waals surface area contributed by atoms with E-state index in [9.17, 15) is 0 Å². The van der Waals surface area contributed by atoms with Crippen LogP contribution in [-0.4, -0.2) is 6.54 Å². The fraction of sp³-hybridized carbons (Fsp3) is 0.200. The molecule has 0 heterocycles. The molecule has 0 spiro atoms. The van der Waals surface area contributed by atoms with Crippen LogP contribution in [0.3, 0.4) is 0 Å². The predicted octanol–water partition coefficient (Wildman–Crippen LogP) is 5.80. The quantitative estimate of drug-likeness (QED) is 0.366. The number of benzene rings is 4. The van der Waals surface area contributed by atoms with Gasteiger partial charge in [0.05, 0.1) is 0 Å². The lowest BCUT2D eigenvalue weighted by Crippen LogP contribution is -2.01. The molecule has 1 heteroatoms. The number of nitrogens with one attached hydrogen (secondary N) is 1. The van der Waals surface area contributed by atoms with Crippen LogP contribution in [0.4, 0.5) is 5.69 Å². The summed E-state index contributed by atoms with van der Waals surface area (Å²) in [4.78, 5) is 0. The van der Waals surface area contributed by atoms with E-state index in [0.29, 0.717) is 0 Å². The lowest BCUT2D eigenvalue weighted by atomic mass is 9.93. The summed E-state index contributed by atoms with van der Waals surface area (Å²) in [5.41, 5.74) is 1.26. The first-order chi connectivity index (χ1) is 10.4. The minimum Gasteiger partial charge on any atom is -0.385 e. The smallest absolute Gasteiger partial charge is 0.0420 e. The molecule has 1 N–H and O–H groups in total. The summed E-state index contributed by atoms with van der Waals surface area (Å²) in [6.07, 6.45) is 2.43. The summed E-state index contributed by atoms with van der Waals surface area (Å²) in [6, 6.07) is 20.0. The number of hydrogen-bond acceptors (Lipinski definition) is 1. The van der Waals surface area contributed by atoms with E-state index in [1.807, 2.05) is 0 Å². The number of hydrogen-bond donors (Lipinski definition) is 1. The van der Waals surface area contributed by atoms with E-state index >= 15 is 0 Å². The summed E-state index contributed by atoms with van der Waals surface area (Å²) in [6.45, 7) is 3.27. The van der Waals surface area contributed by atoms with Crippen molar-refractivity contribution in [1.29, 1.82) is 0 Å². The molecule has 0 fully saturated rings. The van der Waals surface area contributed by atoms with Gasteiger partial charge in [-0.3, -0.25) is 0 Å².